The molecule has 0 spiro atoms. The maximum atomic E-state index is 11.9. The molecular formula is C13H15N3O2S2. The molecule has 0 saturated heterocycles. The fourth-order valence-electron chi connectivity index (χ4n) is 1.63. The number of amides is 2. The summed E-state index contributed by atoms with van der Waals surface area (Å²) in [6, 6.07) is 1.84. The molecular weight excluding hydrogens is 294 g/mol. The second-order valence-corrected chi connectivity index (χ2v) is 6.25. The summed E-state index contributed by atoms with van der Waals surface area (Å²) in [7, 11) is 0. The molecule has 2 rings (SSSR count). The minimum atomic E-state index is -0.351. The average Bonchev–Trinajstić information content (AvgIpc) is 3.02. The fraction of sp³-hybridized carbons (Fsp3) is 0.308. The number of carbonyl (C=O) groups is 2. The van der Waals surface area contributed by atoms with Crippen LogP contribution in [0.25, 0.3) is 10.6 Å². The van der Waals surface area contributed by atoms with E-state index in [2.05, 4.69) is 10.3 Å². The van der Waals surface area contributed by atoms with Crippen molar-refractivity contribution in [1.82, 2.24) is 10.3 Å². The van der Waals surface area contributed by atoms with Crippen molar-refractivity contribution in [3.8, 4) is 10.6 Å². The number of rotatable bonds is 6. The third-order valence-electron chi connectivity index (χ3n) is 2.62. The number of nitrogens with zero attached hydrogens (tertiary/aromatic N) is 1. The quantitative estimate of drug-likeness (QED) is 0.802. The Bertz CT molecular complexity index is 619. The number of thiazole rings is 1. The lowest BCUT2D eigenvalue weighted by molar-refractivity contribution is -0.118. The van der Waals surface area contributed by atoms with Crippen LogP contribution in [0.5, 0.6) is 0 Å². The number of carbonyl (C=O) groups excluding carboxylic acids is 2. The molecule has 20 heavy (non-hydrogen) atoms. The summed E-state index contributed by atoms with van der Waals surface area (Å²) in [5, 5.41) is 7.57. The van der Waals surface area contributed by atoms with E-state index in [9.17, 15) is 9.59 Å². The molecule has 0 atom stereocenters. The van der Waals surface area contributed by atoms with Crippen LogP contribution in [-0.2, 0) is 4.79 Å². The maximum Gasteiger partial charge on any atom is 0.252 e. The van der Waals surface area contributed by atoms with Crippen LogP contribution in [0.3, 0.4) is 0 Å². The molecule has 2 aromatic heterocycles. The number of thiophene rings is 1. The Balaban J connectivity index is 1.91. The van der Waals surface area contributed by atoms with Gasteiger partial charge in [-0.3, -0.25) is 9.59 Å². The lowest BCUT2D eigenvalue weighted by Gasteiger charge is -2.01. The molecule has 0 saturated carbocycles. The van der Waals surface area contributed by atoms with E-state index in [0.717, 1.165) is 15.6 Å². The van der Waals surface area contributed by atoms with Gasteiger partial charge in [-0.15, -0.1) is 22.7 Å². The van der Waals surface area contributed by atoms with Crippen molar-refractivity contribution in [2.24, 2.45) is 5.73 Å². The van der Waals surface area contributed by atoms with Crippen molar-refractivity contribution in [1.29, 1.82) is 0 Å². The molecule has 0 aliphatic heterocycles. The minimum Gasteiger partial charge on any atom is -0.370 e. The molecule has 2 amide bonds. The second kappa shape index (κ2) is 6.62. The van der Waals surface area contributed by atoms with Crippen molar-refractivity contribution in [3.63, 3.8) is 0 Å². The molecule has 0 aliphatic rings. The van der Waals surface area contributed by atoms with Gasteiger partial charge in [0, 0.05) is 23.7 Å². The number of aryl methyl sites for hydroxylation is 1. The smallest absolute Gasteiger partial charge is 0.252 e. The van der Waals surface area contributed by atoms with Crippen LogP contribution in [0.1, 0.15) is 28.2 Å². The van der Waals surface area contributed by atoms with Crippen LogP contribution in [-0.4, -0.2) is 23.3 Å². The zero-order chi connectivity index (χ0) is 14.5. The molecule has 5 nitrogen and oxygen atoms in total. The number of aromatic nitrogens is 1. The Labute approximate surface area is 124 Å². The Morgan fingerprint density at radius 2 is 2.15 bits per heavy atom. The number of hydrogen-bond donors (Lipinski definition) is 2. The van der Waals surface area contributed by atoms with Crippen molar-refractivity contribution >= 4 is 34.5 Å². The first-order chi connectivity index (χ1) is 9.56. The predicted molar refractivity (Wildman–Crippen MR) is 80.9 cm³/mol. The fourth-order valence-corrected chi connectivity index (χ4v) is 3.17. The van der Waals surface area contributed by atoms with Crippen LogP contribution >= 0.6 is 22.7 Å². The van der Waals surface area contributed by atoms with Gasteiger partial charge in [-0.05, 0) is 19.4 Å². The van der Waals surface area contributed by atoms with E-state index in [1.165, 1.54) is 11.3 Å². The van der Waals surface area contributed by atoms with Crippen LogP contribution in [0.15, 0.2) is 16.8 Å². The minimum absolute atomic E-state index is 0.135. The highest BCUT2D eigenvalue weighted by Gasteiger charge is 2.11. The van der Waals surface area contributed by atoms with Crippen LogP contribution in [0.2, 0.25) is 0 Å². The first-order valence-electron chi connectivity index (χ1n) is 6.14. The SMILES string of the molecule is Cc1nc(-c2cc(C(=O)NCCCC(N)=O)cs2)cs1. The Morgan fingerprint density at radius 1 is 1.35 bits per heavy atom. The van der Waals surface area contributed by atoms with E-state index in [-0.39, 0.29) is 18.2 Å². The Hall–Kier alpha value is -1.73. The summed E-state index contributed by atoms with van der Waals surface area (Å²) in [5.41, 5.74) is 6.56. The number of nitrogens with two attached hydrogens (primary N) is 1. The van der Waals surface area contributed by atoms with E-state index in [4.69, 9.17) is 5.73 Å². The molecule has 0 radical (unpaired) electrons. The van der Waals surface area contributed by atoms with Gasteiger partial charge in [-0.1, -0.05) is 0 Å². The summed E-state index contributed by atoms with van der Waals surface area (Å²) in [5.74, 6) is -0.486. The van der Waals surface area contributed by atoms with E-state index in [1.54, 1.807) is 11.3 Å². The highest BCUT2D eigenvalue weighted by Crippen LogP contribution is 2.28. The molecule has 2 aromatic rings. The van der Waals surface area contributed by atoms with Gasteiger partial charge in [0.15, 0.2) is 0 Å². The molecule has 2 heterocycles. The molecule has 106 valence electrons. The van der Waals surface area contributed by atoms with Crippen LogP contribution in [0, 0.1) is 6.92 Å². The normalized spacial score (nSPS) is 10.4. The summed E-state index contributed by atoms with van der Waals surface area (Å²) >= 11 is 3.09. The van der Waals surface area contributed by atoms with E-state index in [1.807, 2.05) is 23.8 Å². The maximum absolute atomic E-state index is 11.9. The van der Waals surface area contributed by atoms with Gasteiger partial charge in [-0.25, -0.2) is 4.98 Å². The molecule has 7 heteroatoms. The number of nitrogens with one attached hydrogen (secondary N) is 1. The van der Waals surface area contributed by atoms with Crippen molar-refractivity contribution < 1.29 is 9.59 Å². The molecule has 3 N–H and O–H groups in total. The summed E-state index contributed by atoms with van der Waals surface area (Å²) in [4.78, 5) is 27.9. The highest BCUT2D eigenvalue weighted by atomic mass is 32.1. The van der Waals surface area contributed by atoms with Gasteiger partial charge in [0.25, 0.3) is 5.91 Å². The van der Waals surface area contributed by atoms with Gasteiger partial charge in [0.05, 0.1) is 21.1 Å². The zero-order valence-electron chi connectivity index (χ0n) is 11.0. The molecule has 0 aliphatic carbocycles. The molecule has 0 unspecified atom stereocenters. The van der Waals surface area contributed by atoms with Gasteiger partial charge in [0.2, 0.25) is 5.91 Å². The van der Waals surface area contributed by atoms with Crippen molar-refractivity contribution in [2.45, 2.75) is 19.8 Å². The van der Waals surface area contributed by atoms with Crippen LogP contribution < -0.4 is 11.1 Å². The largest absolute Gasteiger partial charge is 0.370 e. The summed E-state index contributed by atoms with van der Waals surface area (Å²) in [6.07, 6.45) is 0.844. The van der Waals surface area contributed by atoms with Gasteiger partial charge in [-0.2, -0.15) is 0 Å². The lowest BCUT2D eigenvalue weighted by atomic mass is 10.2. The van der Waals surface area contributed by atoms with Crippen LogP contribution in [0.4, 0.5) is 0 Å². The van der Waals surface area contributed by atoms with Crippen molar-refractivity contribution in [2.75, 3.05) is 6.54 Å². The third-order valence-corrected chi connectivity index (χ3v) is 4.34. The summed E-state index contributed by atoms with van der Waals surface area (Å²) < 4.78 is 0. The highest BCUT2D eigenvalue weighted by molar-refractivity contribution is 7.14. The monoisotopic (exact) mass is 309 g/mol. The third kappa shape index (κ3) is 3.88. The lowest BCUT2D eigenvalue weighted by Crippen LogP contribution is -2.25. The first kappa shape index (κ1) is 14.7. The Morgan fingerprint density at radius 3 is 2.80 bits per heavy atom. The topological polar surface area (TPSA) is 85.1 Å². The standard InChI is InChI=1S/C13H15N3O2S2/c1-8-16-10(7-19-8)11-5-9(6-20-11)13(18)15-4-2-3-12(14)17/h5-7H,2-4H2,1H3,(H2,14,17)(H,15,18). The van der Waals surface area contributed by atoms with E-state index < -0.39 is 0 Å². The number of hydrogen-bond acceptors (Lipinski definition) is 5. The van der Waals surface area contributed by atoms with Gasteiger partial charge < -0.3 is 11.1 Å². The predicted octanol–water partition coefficient (Wildman–Crippen LogP) is 2.18. The summed E-state index contributed by atoms with van der Waals surface area (Å²) in [6.45, 7) is 2.40. The Kier molecular flexibility index (Phi) is 4.86. The first-order valence-corrected chi connectivity index (χ1v) is 7.89. The second-order valence-electron chi connectivity index (χ2n) is 4.28. The molecule has 0 bridgehead atoms. The van der Waals surface area contributed by atoms with Gasteiger partial charge >= 0.3 is 0 Å². The zero-order valence-corrected chi connectivity index (χ0v) is 12.6. The van der Waals surface area contributed by atoms with E-state index in [0.29, 0.717) is 18.5 Å². The molecule has 0 aromatic carbocycles. The average molecular weight is 309 g/mol. The van der Waals surface area contributed by atoms with Gasteiger partial charge in [0.1, 0.15) is 0 Å². The molecule has 0 fully saturated rings. The number of primary amides is 1. The van der Waals surface area contributed by atoms with Crippen molar-refractivity contribution in [3.05, 3.63) is 27.4 Å². The van der Waals surface area contributed by atoms with E-state index >= 15 is 0 Å².